The summed E-state index contributed by atoms with van der Waals surface area (Å²) in [5.41, 5.74) is 0.970. The lowest BCUT2D eigenvalue weighted by molar-refractivity contribution is -0.125. The average Bonchev–Trinajstić information content (AvgIpc) is 3.08. The number of carbonyl (C=O) groups excluding carboxylic acids is 2. The van der Waals surface area contributed by atoms with Crippen LogP contribution in [0.2, 0.25) is 0 Å². The molecule has 2 rings (SSSR count). The van der Waals surface area contributed by atoms with Gasteiger partial charge in [-0.25, -0.2) is 17.9 Å². The maximum absolute atomic E-state index is 12.2. The van der Waals surface area contributed by atoms with Gasteiger partial charge in [0.2, 0.25) is 15.9 Å². The number of carbonyl (C=O) groups is 2. The third-order valence-corrected chi connectivity index (χ3v) is 5.49. The summed E-state index contributed by atoms with van der Waals surface area (Å²) in [4.78, 5) is 25.3. The molecule has 1 aliphatic heterocycles. The van der Waals surface area contributed by atoms with Gasteiger partial charge in [-0.1, -0.05) is 17.7 Å². The number of benzene rings is 1. The summed E-state index contributed by atoms with van der Waals surface area (Å²) in [6.45, 7) is 2.55. The number of likely N-dealkylation sites (tertiary alicyclic amines) is 1. The van der Waals surface area contributed by atoms with Crippen LogP contribution in [0.1, 0.15) is 18.4 Å². The fraction of sp³-hybridized carbons (Fsp3) is 0.500. The predicted octanol–water partition coefficient (Wildman–Crippen LogP) is 0.620. The third kappa shape index (κ3) is 4.93. The van der Waals surface area contributed by atoms with E-state index in [1.807, 2.05) is 6.92 Å². The van der Waals surface area contributed by atoms with Gasteiger partial charge in [-0.3, -0.25) is 9.69 Å². The van der Waals surface area contributed by atoms with Crippen molar-refractivity contribution in [1.29, 1.82) is 0 Å². The smallest absolute Gasteiger partial charge is 0.410 e. The predicted molar refractivity (Wildman–Crippen MR) is 91.5 cm³/mol. The largest absolute Gasteiger partial charge is 0.453 e. The highest BCUT2D eigenvalue weighted by molar-refractivity contribution is 7.89. The van der Waals surface area contributed by atoms with Crippen molar-refractivity contribution in [1.82, 2.24) is 14.9 Å². The zero-order valence-corrected chi connectivity index (χ0v) is 15.1. The summed E-state index contributed by atoms with van der Waals surface area (Å²) in [6.07, 6.45) is 0.765. The van der Waals surface area contributed by atoms with Gasteiger partial charge in [-0.05, 0) is 31.9 Å². The molecule has 0 saturated carbocycles. The Labute approximate surface area is 147 Å². The third-order valence-electron chi connectivity index (χ3n) is 4.01. The molecule has 138 valence electrons. The molecule has 1 saturated heterocycles. The zero-order valence-electron chi connectivity index (χ0n) is 14.3. The van der Waals surface area contributed by atoms with Crippen molar-refractivity contribution in [3.8, 4) is 0 Å². The molecule has 1 fully saturated rings. The minimum Gasteiger partial charge on any atom is -0.453 e. The number of ether oxygens (including phenoxy) is 1. The number of rotatable bonds is 6. The monoisotopic (exact) mass is 369 g/mol. The summed E-state index contributed by atoms with van der Waals surface area (Å²) < 4.78 is 31.4. The number of aryl methyl sites for hydroxylation is 1. The molecule has 0 radical (unpaired) electrons. The minimum absolute atomic E-state index is 0.0624. The van der Waals surface area contributed by atoms with Crippen LogP contribution in [0, 0.1) is 6.92 Å². The highest BCUT2D eigenvalue weighted by Crippen LogP contribution is 2.18. The number of nitrogens with one attached hydrogen (secondary N) is 2. The molecule has 0 aliphatic carbocycles. The van der Waals surface area contributed by atoms with E-state index in [0.29, 0.717) is 13.0 Å². The zero-order chi connectivity index (χ0) is 18.4. The van der Waals surface area contributed by atoms with E-state index in [1.54, 1.807) is 12.1 Å². The van der Waals surface area contributed by atoms with Crippen molar-refractivity contribution in [3.63, 3.8) is 0 Å². The summed E-state index contributed by atoms with van der Waals surface area (Å²) >= 11 is 0. The first-order valence-corrected chi connectivity index (χ1v) is 9.52. The molecule has 1 atom stereocenters. The molecule has 1 heterocycles. The molecular formula is C16H23N3O5S. The Morgan fingerprint density at radius 2 is 1.92 bits per heavy atom. The normalized spacial score (nSPS) is 17.4. The maximum Gasteiger partial charge on any atom is 0.410 e. The molecule has 1 aromatic rings. The van der Waals surface area contributed by atoms with Crippen LogP contribution >= 0.6 is 0 Å². The number of nitrogens with zero attached hydrogens (tertiary/aromatic N) is 1. The lowest BCUT2D eigenvalue weighted by Crippen LogP contribution is -2.47. The Kier molecular flexibility index (Phi) is 6.38. The summed E-state index contributed by atoms with van der Waals surface area (Å²) in [5.74, 6) is -0.308. The SMILES string of the molecule is COC(=O)N1CCCC1C(=O)NCCNS(=O)(=O)c1ccc(C)cc1. The fourth-order valence-electron chi connectivity index (χ4n) is 2.66. The Morgan fingerprint density at radius 1 is 1.24 bits per heavy atom. The number of hydrogen-bond acceptors (Lipinski definition) is 5. The Balaban J connectivity index is 1.81. The van der Waals surface area contributed by atoms with Crippen LogP contribution in [0.4, 0.5) is 4.79 Å². The van der Waals surface area contributed by atoms with Gasteiger partial charge in [0.05, 0.1) is 12.0 Å². The molecular weight excluding hydrogens is 346 g/mol. The van der Waals surface area contributed by atoms with Gasteiger partial charge in [0.25, 0.3) is 0 Å². The highest BCUT2D eigenvalue weighted by atomic mass is 32.2. The Hall–Kier alpha value is -2.13. The van der Waals surface area contributed by atoms with Crippen molar-refractivity contribution in [2.45, 2.75) is 30.7 Å². The number of hydrogen-bond donors (Lipinski definition) is 2. The van der Waals surface area contributed by atoms with Crippen LogP contribution in [0.15, 0.2) is 29.2 Å². The molecule has 1 unspecified atom stereocenters. The second kappa shape index (κ2) is 8.30. The van der Waals surface area contributed by atoms with Crippen molar-refractivity contribution >= 4 is 22.0 Å². The van der Waals surface area contributed by atoms with E-state index >= 15 is 0 Å². The molecule has 8 nitrogen and oxygen atoms in total. The van der Waals surface area contributed by atoms with Crippen LogP contribution in [0.25, 0.3) is 0 Å². The average molecular weight is 369 g/mol. The lowest BCUT2D eigenvalue weighted by atomic mass is 10.2. The molecule has 1 aromatic carbocycles. The van der Waals surface area contributed by atoms with E-state index < -0.39 is 22.2 Å². The molecule has 2 N–H and O–H groups in total. The van der Waals surface area contributed by atoms with E-state index in [2.05, 4.69) is 14.8 Å². The Morgan fingerprint density at radius 3 is 2.56 bits per heavy atom. The molecule has 2 amide bonds. The molecule has 9 heteroatoms. The van der Waals surface area contributed by atoms with Crippen LogP contribution in [-0.2, 0) is 19.6 Å². The van der Waals surface area contributed by atoms with Gasteiger partial charge in [-0.2, -0.15) is 0 Å². The van der Waals surface area contributed by atoms with Crippen LogP contribution < -0.4 is 10.0 Å². The van der Waals surface area contributed by atoms with Crippen molar-refractivity contribution in [2.24, 2.45) is 0 Å². The minimum atomic E-state index is -3.61. The van der Waals surface area contributed by atoms with Crippen molar-refractivity contribution < 1.29 is 22.7 Å². The molecule has 1 aliphatic rings. The maximum atomic E-state index is 12.2. The highest BCUT2D eigenvalue weighted by Gasteiger charge is 2.34. The van der Waals surface area contributed by atoms with Crippen LogP contribution in [0.5, 0.6) is 0 Å². The summed E-state index contributed by atoms with van der Waals surface area (Å²) in [6, 6.07) is 5.93. The summed E-state index contributed by atoms with van der Waals surface area (Å²) in [5, 5.41) is 2.65. The van der Waals surface area contributed by atoms with Gasteiger partial charge < -0.3 is 10.1 Å². The van der Waals surface area contributed by atoms with E-state index in [0.717, 1.165) is 12.0 Å². The number of methoxy groups -OCH3 is 1. The first kappa shape index (κ1) is 19.2. The summed E-state index contributed by atoms with van der Waals surface area (Å²) in [7, 11) is -2.33. The van der Waals surface area contributed by atoms with Crippen LogP contribution in [0.3, 0.4) is 0 Å². The topological polar surface area (TPSA) is 105 Å². The van der Waals surface area contributed by atoms with E-state index in [4.69, 9.17) is 0 Å². The van der Waals surface area contributed by atoms with Gasteiger partial charge in [0.15, 0.2) is 0 Å². The Bertz CT molecular complexity index is 718. The first-order chi connectivity index (χ1) is 11.8. The van der Waals surface area contributed by atoms with Crippen molar-refractivity contribution in [3.05, 3.63) is 29.8 Å². The second-order valence-electron chi connectivity index (χ2n) is 5.82. The second-order valence-corrected chi connectivity index (χ2v) is 7.59. The standard InChI is InChI=1S/C16H23N3O5S/c1-12-5-7-13(8-6-12)25(22,23)18-10-9-17-15(20)14-4-3-11-19(14)16(21)24-2/h5-8,14,18H,3-4,9-11H2,1-2H3,(H,17,20). The quantitative estimate of drug-likeness (QED) is 0.715. The molecule has 0 aromatic heterocycles. The first-order valence-electron chi connectivity index (χ1n) is 8.04. The fourth-order valence-corrected chi connectivity index (χ4v) is 3.70. The van der Waals surface area contributed by atoms with Crippen molar-refractivity contribution in [2.75, 3.05) is 26.7 Å². The van der Waals surface area contributed by atoms with E-state index in [1.165, 1.54) is 24.1 Å². The van der Waals surface area contributed by atoms with Gasteiger partial charge in [-0.15, -0.1) is 0 Å². The van der Waals surface area contributed by atoms with Gasteiger partial charge >= 0.3 is 6.09 Å². The number of amides is 2. The van der Waals surface area contributed by atoms with E-state index in [9.17, 15) is 18.0 Å². The van der Waals surface area contributed by atoms with Crippen LogP contribution in [-0.4, -0.2) is 58.1 Å². The molecule has 0 bridgehead atoms. The number of sulfonamides is 1. The van der Waals surface area contributed by atoms with Gasteiger partial charge in [0, 0.05) is 19.6 Å². The molecule has 0 spiro atoms. The lowest BCUT2D eigenvalue weighted by Gasteiger charge is -2.22. The molecule has 25 heavy (non-hydrogen) atoms. The van der Waals surface area contributed by atoms with Gasteiger partial charge in [0.1, 0.15) is 6.04 Å². The van der Waals surface area contributed by atoms with E-state index in [-0.39, 0.29) is 23.9 Å².